The Kier molecular flexibility index (Phi) is 2.46. The van der Waals surface area contributed by atoms with Crippen molar-refractivity contribution in [3.63, 3.8) is 0 Å². The van der Waals surface area contributed by atoms with Crippen LogP contribution < -0.4 is 0 Å². The van der Waals surface area contributed by atoms with Crippen molar-refractivity contribution < 1.29 is 8.78 Å². The largest absolute Gasteiger partial charge is 0.248 e. The Hall–Kier alpha value is -0.140. The Morgan fingerprint density at radius 3 is 2.00 bits per heavy atom. The van der Waals surface area contributed by atoms with E-state index in [1.165, 1.54) is 0 Å². The van der Waals surface area contributed by atoms with Crippen molar-refractivity contribution in [1.82, 2.24) is 0 Å². The minimum absolute atomic E-state index is 0.0799. The zero-order valence-corrected chi connectivity index (χ0v) is 8.16. The second-order valence-corrected chi connectivity index (χ2v) is 4.40. The second-order valence-electron chi connectivity index (χ2n) is 4.40. The molecule has 0 saturated heterocycles. The molecule has 1 aliphatic carbocycles. The van der Waals surface area contributed by atoms with E-state index in [4.69, 9.17) is 0 Å². The van der Waals surface area contributed by atoms with Crippen LogP contribution in [-0.2, 0) is 0 Å². The molecule has 1 fully saturated rings. The van der Waals surface area contributed by atoms with Gasteiger partial charge in [-0.05, 0) is 24.2 Å². The van der Waals surface area contributed by atoms with Crippen molar-refractivity contribution >= 4 is 0 Å². The van der Waals surface area contributed by atoms with Crippen LogP contribution in [0.4, 0.5) is 8.78 Å². The highest BCUT2D eigenvalue weighted by molar-refractivity contribution is 4.94. The molecule has 0 spiro atoms. The van der Waals surface area contributed by atoms with Crippen LogP contribution in [0.15, 0.2) is 0 Å². The molecule has 0 aromatic heterocycles. The number of alkyl halides is 2. The van der Waals surface area contributed by atoms with Crippen LogP contribution in [0.1, 0.15) is 46.5 Å². The molecule has 1 rings (SSSR count). The fourth-order valence-corrected chi connectivity index (χ4v) is 2.33. The van der Waals surface area contributed by atoms with Gasteiger partial charge in [0.1, 0.15) is 0 Å². The van der Waals surface area contributed by atoms with E-state index in [0.29, 0.717) is 12.3 Å². The molecule has 1 atom stereocenters. The van der Waals surface area contributed by atoms with Crippen LogP contribution in [0.2, 0.25) is 0 Å². The van der Waals surface area contributed by atoms with E-state index in [0.717, 1.165) is 6.42 Å². The summed E-state index contributed by atoms with van der Waals surface area (Å²) in [5, 5.41) is 0. The van der Waals surface area contributed by atoms with Gasteiger partial charge in [0.05, 0.1) is 0 Å². The van der Waals surface area contributed by atoms with Crippen LogP contribution in [0.3, 0.4) is 0 Å². The Balaban J connectivity index is 2.73. The zero-order chi connectivity index (χ0) is 9.41. The van der Waals surface area contributed by atoms with Gasteiger partial charge in [-0.3, -0.25) is 0 Å². The van der Waals surface area contributed by atoms with E-state index in [1.54, 1.807) is 0 Å². The molecule has 1 unspecified atom stereocenters. The summed E-state index contributed by atoms with van der Waals surface area (Å²) >= 11 is 0. The molecule has 0 aromatic rings. The highest BCUT2D eigenvalue weighted by Gasteiger charge is 2.49. The molecular formula is C10H18F2. The molecule has 0 amide bonds. The first kappa shape index (κ1) is 9.94. The van der Waals surface area contributed by atoms with Gasteiger partial charge in [-0.2, -0.15) is 0 Å². The lowest BCUT2D eigenvalue weighted by atomic mass is 9.73. The van der Waals surface area contributed by atoms with Gasteiger partial charge in [-0.25, -0.2) is 8.78 Å². The van der Waals surface area contributed by atoms with E-state index < -0.39 is 5.92 Å². The highest BCUT2D eigenvalue weighted by Crippen LogP contribution is 2.53. The Morgan fingerprint density at radius 1 is 1.25 bits per heavy atom. The number of hydrogen-bond acceptors (Lipinski definition) is 0. The molecule has 0 nitrogen and oxygen atoms in total. The number of hydrogen-bond donors (Lipinski definition) is 0. The van der Waals surface area contributed by atoms with Crippen LogP contribution in [0, 0.1) is 11.3 Å². The lowest BCUT2D eigenvalue weighted by molar-refractivity contribution is -0.0108. The van der Waals surface area contributed by atoms with E-state index in [2.05, 4.69) is 13.8 Å². The van der Waals surface area contributed by atoms with Crippen molar-refractivity contribution in [2.45, 2.75) is 52.4 Å². The third kappa shape index (κ3) is 1.62. The quantitative estimate of drug-likeness (QED) is 0.599. The van der Waals surface area contributed by atoms with Crippen molar-refractivity contribution in [3.8, 4) is 0 Å². The zero-order valence-electron chi connectivity index (χ0n) is 8.16. The smallest absolute Gasteiger partial charge is 0.207 e. The molecule has 1 saturated carbocycles. The summed E-state index contributed by atoms with van der Waals surface area (Å²) in [5.74, 6) is -2.00. The molecule has 0 heterocycles. The van der Waals surface area contributed by atoms with Gasteiger partial charge in [-0.1, -0.05) is 20.8 Å². The summed E-state index contributed by atoms with van der Waals surface area (Å²) in [5.41, 5.74) is -0.0799. The van der Waals surface area contributed by atoms with Crippen LogP contribution in [0.25, 0.3) is 0 Å². The van der Waals surface area contributed by atoms with Gasteiger partial charge in [0.25, 0.3) is 0 Å². The van der Waals surface area contributed by atoms with Crippen LogP contribution in [-0.4, -0.2) is 5.92 Å². The SMILES string of the molecule is CCC1(C(C)C)CCC(F)(F)C1. The van der Waals surface area contributed by atoms with E-state index in [1.807, 2.05) is 6.92 Å². The standard InChI is InChI=1S/C10H18F2/c1-4-9(8(2)3)5-6-10(11,12)7-9/h8H,4-7H2,1-3H3. The van der Waals surface area contributed by atoms with Gasteiger partial charge in [0, 0.05) is 12.8 Å². The van der Waals surface area contributed by atoms with Gasteiger partial charge < -0.3 is 0 Å². The molecule has 0 aliphatic heterocycles. The van der Waals surface area contributed by atoms with Crippen LogP contribution >= 0.6 is 0 Å². The van der Waals surface area contributed by atoms with Crippen molar-refractivity contribution in [2.24, 2.45) is 11.3 Å². The summed E-state index contributed by atoms with van der Waals surface area (Å²) in [6.45, 7) is 6.15. The van der Waals surface area contributed by atoms with E-state index in [9.17, 15) is 8.78 Å². The minimum atomic E-state index is -2.39. The molecule has 0 N–H and O–H groups in total. The lowest BCUT2D eigenvalue weighted by Crippen LogP contribution is -2.25. The number of halogens is 2. The first-order chi connectivity index (χ1) is 5.42. The predicted octanol–water partition coefficient (Wildman–Crippen LogP) is 3.86. The maximum absolute atomic E-state index is 13.0. The molecule has 0 aromatic carbocycles. The fraction of sp³-hybridized carbons (Fsp3) is 1.00. The van der Waals surface area contributed by atoms with Gasteiger partial charge in [0.15, 0.2) is 0 Å². The fourth-order valence-electron chi connectivity index (χ4n) is 2.33. The summed E-state index contributed by atoms with van der Waals surface area (Å²) in [7, 11) is 0. The van der Waals surface area contributed by atoms with Crippen molar-refractivity contribution in [2.75, 3.05) is 0 Å². The van der Waals surface area contributed by atoms with Gasteiger partial charge in [-0.15, -0.1) is 0 Å². The first-order valence-electron chi connectivity index (χ1n) is 4.80. The van der Waals surface area contributed by atoms with E-state index >= 15 is 0 Å². The lowest BCUT2D eigenvalue weighted by Gasteiger charge is -2.32. The highest BCUT2D eigenvalue weighted by atomic mass is 19.3. The average molecular weight is 176 g/mol. The Bertz CT molecular complexity index is 163. The molecule has 2 heteroatoms. The molecule has 1 aliphatic rings. The van der Waals surface area contributed by atoms with Gasteiger partial charge >= 0.3 is 0 Å². The van der Waals surface area contributed by atoms with Crippen molar-refractivity contribution in [1.29, 1.82) is 0 Å². The summed E-state index contributed by atoms with van der Waals surface area (Å²) < 4.78 is 26.0. The van der Waals surface area contributed by atoms with Gasteiger partial charge in [0.2, 0.25) is 5.92 Å². The number of rotatable bonds is 2. The maximum atomic E-state index is 13.0. The summed E-state index contributed by atoms with van der Waals surface area (Å²) in [6, 6.07) is 0. The maximum Gasteiger partial charge on any atom is 0.248 e. The predicted molar refractivity (Wildman–Crippen MR) is 46.4 cm³/mol. The monoisotopic (exact) mass is 176 g/mol. The molecule has 72 valence electrons. The van der Waals surface area contributed by atoms with E-state index in [-0.39, 0.29) is 18.3 Å². The molecular weight excluding hydrogens is 158 g/mol. The summed E-state index contributed by atoms with van der Waals surface area (Å²) in [4.78, 5) is 0. The molecule has 0 radical (unpaired) electrons. The Labute approximate surface area is 73.3 Å². The normalized spacial score (nSPS) is 34.5. The Morgan fingerprint density at radius 2 is 1.83 bits per heavy atom. The third-order valence-corrected chi connectivity index (χ3v) is 3.53. The minimum Gasteiger partial charge on any atom is -0.207 e. The third-order valence-electron chi connectivity index (χ3n) is 3.53. The topological polar surface area (TPSA) is 0 Å². The first-order valence-corrected chi connectivity index (χ1v) is 4.80. The second kappa shape index (κ2) is 2.97. The molecule has 12 heavy (non-hydrogen) atoms. The van der Waals surface area contributed by atoms with Crippen LogP contribution in [0.5, 0.6) is 0 Å². The molecule has 0 bridgehead atoms. The average Bonchev–Trinajstić information content (AvgIpc) is 2.27. The van der Waals surface area contributed by atoms with Crippen molar-refractivity contribution in [3.05, 3.63) is 0 Å². The summed E-state index contributed by atoms with van der Waals surface area (Å²) in [6.07, 6.45) is 1.79.